The van der Waals surface area contributed by atoms with Gasteiger partial charge in [0.15, 0.2) is 0 Å². The molecule has 27 heavy (non-hydrogen) atoms. The Balaban J connectivity index is 1.54. The van der Waals surface area contributed by atoms with Crippen molar-refractivity contribution in [3.8, 4) is 0 Å². The van der Waals surface area contributed by atoms with E-state index in [1.807, 2.05) is 6.07 Å². The average molecular weight is 384 g/mol. The van der Waals surface area contributed by atoms with Crippen LogP contribution in [0.25, 0.3) is 0 Å². The van der Waals surface area contributed by atoms with Crippen LogP contribution >= 0.6 is 0 Å². The lowest BCUT2D eigenvalue weighted by atomic mass is 9.94. The maximum atomic E-state index is 12.7. The van der Waals surface area contributed by atoms with E-state index >= 15 is 0 Å². The summed E-state index contributed by atoms with van der Waals surface area (Å²) in [5.41, 5.74) is 1.03. The molecule has 2 bridgehead atoms. The Bertz CT molecular complexity index is 958. The smallest absolute Gasteiger partial charge is 0.313 e. The van der Waals surface area contributed by atoms with Gasteiger partial charge in [-0.05, 0) is 49.4 Å². The summed E-state index contributed by atoms with van der Waals surface area (Å²) in [5, 5.41) is 4.08. The number of benzene rings is 2. The minimum atomic E-state index is -3.66. The fourth-order valence-corrected chi connectivity index (χ4v) is 5.23. The van der Waals surface area contributed by atoms with E-state index in [1.54, 1.807) is 54.6 Å². The van der Waals surface area contributed by atoms with E-state index < -0.39 is 22.0 Å². The molecule has 2 aromatic rings. The lowest BCUT2D eigenvalue weighted by Gasteiger charge is -2.24. The topological polar surface area (TPSA) is 84.8 Å². The molecule has 0 aromatic heterocycles. The molecule has 0 unspecified atom stereocenters. The minimum absolute atomic E-state index is 0.155. The van der Waals surface area contributed by atoms with Crippen LogP contribution in [0.4, 0.5) is 0 Å². The van der Waals surface area contributed by atoms with Gasteiger partial charge in [-0.15, -0.1) is 0 Å². The highest BCUT2D eigenvalue weighted by atomic mass is 32.2. The second-order valence-electron chi connectivity index (χ2n) is 6.94. The number of hydrogen-bond donors (Lipinski definition) is 1. The number of sulfonamides is 1. The number of carbonyl (C=O) groups is 1. The normalized spacial score (nSPS) is 25.6. The Kier molecular flexibility index (Phi) is 4.80. The first-order valence-corrected chi connectivity index (χ1v) is 10.4. The molecule has 2 aliphatic carbocycles. The van der Waals surface area contributed by atoms with Gasteiger partial charge in [-0.1, -0.05) is 41.6 Å². The van der Waals surface area contributed by atoms with E-state index in [4.69, 9.17) is 4.84 Å². The molecule has 0 heterocycles. The van der Waals surface area contributed by atoms with Gasteiger partial charge in [-0.2, -0.15) is 0 Å². The van der Waals surface area contributed by atoms with Crippen molar-refractivity contribution in [2.45, 2.75) is 30.2 Å². The van der Waals surface area contributed by atoms with Crippen molar-refractivity contribution in [2.24, 2.45) is 17.0 Å². The van der Waals surface area contributed by atoms with Crippen molar-refractivity contribution < 1.29 is 18.0 Å². The van der Waals surface area contributed by atoms with Gasteiger partial charge in [0.1, 0.15) is 0 Å². The molecule has 0 saturated heterocycles. The summed E-state index contributed by atoms with van der Waals surface area (Å²) in [4.78, 5) is 17.5. The van der Waals surface area contributed by atoms with Crippen LogP contribution in [-0.4, -0.2) is 26.1 Å². The summed E-state index contributed by atoms with van der Waals surface area (Å²) >= 11 is 0. The zero-order valence-electron chi connectivity index (χ0n) is 14.6. The highest BCUT2D eigenvalue weighted by Gasteiger charge is 2.47. The Morgan fingerprint density at radius 3 is 2.37 bits per heavy atom. The first kappa shape index (κ1) is 17.9. The number of nitrogens with zero attached hydrogens (tertiary/aromatic N) is 1. The van der Waals surface area contributed by atoms with Gasteiger partial charge in [0.05, 0.1) is 22.2 Å². The number of hydrogen-bond acceptors (Lipinski definition) is 5. The van der Waals surface area contributed by atoms with Crippen LogP contribution in [0, 0.1) is 11.8 Å². The SMILES string of the molecule is O=C(O/N=C1\[C@@H]2CC[C@H](C2)[C@@H]1NS(=O)(=O)c1ccccc1)c1ccccc1. The molecule has 2 saturated carbocycles. The predicted molar refractivity (Wildman–Crippen MR) is 101 cm³/mol. The molecule has 2 fully saturated rings. The van der Waals surface area contributed by atoms with Crippen molar-refractivity contribution in [3.05, 3.63) is 66.2 Å². The minimum Gasteiger partial charge on any atom is -0.313 e. The lowest BCUT2D eigenvalue weighted by Crippen LogP contribution is -2.44. The largest absolute Gasteiger partial charge is 0.365 e. The van der Waals surface area contributed by atoms with Gasteiger partial charge in [0.25, 0.3) is 0 Å². The third kappa shape index (κ3) is 3.65. The Labute approximate surface area is 158 Å². The molecular formula is C20H20N2O4S. The van der Waals surface area contributed by atoms with Gasteiger partial charge in [0, 0.05) is 5.92 Å². The molecule has 2 aliphatic rings. The molecular weight excluding hydrogens is 364 g/mol. The maximum absolute atomic E-state index is 12.7. The molecule has 0 radical (unpaired) electrons. The quantitative estimate of drug-likeness (QED) is 0.634. The van der Waals surface area contributed by atoms with E-state index in [0.717, 1.165) is 19.3 Å². The second-order valence-corrected chi connectivity index (χ2v) is 8.66. The number of carbonyl (C=O) groups excluding carboxylic acids is 1. The third-order valence-corrected chi connectivity index (χ3v) is 6.72. The van der Waals surface area contributed by atoms with Crippen molar-refractivity contribution in [1.29, 1.82) is 0 Å². The fourth-order valence-electron chi connectivity index (χ4n) is 3.93. The van der Waals surface area contributed by atoms with E-state index in [-0.39, 0.29) is 16.7 Å². The third-order valence-electron chi connectivity index (χ3n) is 5.26. The monoisotopic (exact) mass is 384 g/mol. The van der Waals surface area contributed by atoms with Gasteiger partial charge in [0.2, 0.25) is 10.0 Å². The summed E-state index contributed by atoms with van der Waals surface area (Å²) < 4.78 is 28.2. The van der Waals surface area contributed by atoms with Crippen LogP contribution in [0.2, 0.25) is 0 Å². The summed E-state index contributed by atoms with van der Waals surface area (Å²) in [6, 6.07) is 16.4. The Morgan fingerprint density at radius 1 is 1.00 bits per heavy atom. The van der Waals surface area contributed by atoms with E-state index in [1.165, 1.54) is 0 Å². The number of oxime groups is 1. The van der Waals surface area contributed by atoms with Gasteiger partial charge in [-0.25, -0.2) is 17.9 Å². The highest BCUT2D eigenvalue weighted by molar-refractivity contribution is 7.89. The summed E-state index contributed by atoms with van der Waals surface area (Å²) in [7, 11) is -3.66. The van der Waals surface area contributed by atoms with Crippen LogP contribution in [-0.2, 0) is 14.9 Å². The lowest BCUT2D eigenvalue weighted by molar-refractivity contribution is 0.0512. The van der Waals surface area contributed by atoms with Crippen molar-refractivity contribution >= 4 is 21.7 Å². The molecule has 2 aromatic carbocycles. The molecule has 0 spiro atoms. The average Bonchev–Trinajstić information content (AvgIpc) is 3.29. The van der Waals surface area contributed by atoms with Crippen LogP contribution in [0.1, 0.15) is 29.6 Å². The molecule has 0 amide bonds. The second kappa shape index (κ2) is 7.25. The predicted octanol–water partition coefficient (Wildman–Crippen LogP) is 2.98. The molecule has 140 valence electrons. The standard InChI is InChI=1S/C20H20N2O4S/c23-20(14-7-3-1-4-8-14)26-21-18-15-11-12-16(13-15)19(18)22-27(24,25)17-9-5-2-6-10-17/h1-10,15-16,19,22H,11-13H2/b21-18+/t15-,16-,19+/m1/s1. The van der Waals surface area contributed by atoms with Crippen molar-refractivity contribution in [2.75, 3.05) is 0 Å². The Hall–Kier alpha value is -2.51. The Morgan fingerprint density at radius 2 is 1.67 bits per heavy atom. The van der Waals surface area contributed by atoms with Crippen LogP contribution < -0.4 is 4.72 Å². The zero-order valence-corrected chi connectivity index (χ0v) is 15.4. The van der Waals surface area contributed by atoms with Gasteiger partial charge < -0.3 is 4.84 Å². The highest BCUT2D eigenvalue weighted by Crippen LogP contribution is 2.43. The van der Waals surface area contributed by atoms with Crippen LogP contribution in [0.5, 0.6) is 0 Å². The number of rotatable bonds is 5. The van der Waals surface area contributed by atoms with Crippen molar-refractivity contribution in [1.82, 2.24) is 4.72 Å². The van der Waals surface area contributed by atoms with Crippen molar-refractivity contribution in [3.63, 3.8) is 0 Å². The number of nitrogens with one attached hydrogen (secondary N) is 1. The van der Waals surface area contributed by atoms with Gasteiger partial charge >= 0.3 is 5.97 Å². The van der Waals surface area contributed by atoms with Crippen LogP contribution in [0.15, 0.2) is 70.7 Å². The molecule has 7 heteroatoms. The fraction of sp³-hybridized carbons (Fsp3) is 0.300. The van der Waals surface area contributed by atoms with E-state index in [0.29, 0.717) is 11.3 Å². The zero-order chi connectivity index (χ0) is 18.9. The molecule has 6 nitrogen and oxygen atoms in total. The molecule has 1 N–H and O–H groups in total. The van der Waals surface area contributed by atoms with E-state index in [9.17, 15) is 13.2 Å². The first-order chi connectivity index (χ1) is 13.0. The first-order valence-electron chi connectivity index (χ1n) is 8.96. The number of fused-ring (bicyclic) bond motifs is 2. The molecule has 0 aliphatic heterocycles. The maximum Gasteiger partial charge on any atom is 0.365 e. The van der Waals surface area contributed by atoms with E-state index in [2.05, 4.69) is 9.88 Å². The summed E-state index contributed by atoms with van der Waals surface area (Å²) in [6.07, 6.45) is 2.75. The molecule has 4 rings (SSSR count). The summed E-state index contributed by atoms with van der Waals surface area (Å²) in [5.74, 6) is -0.208. The van der Waals surface area contributed by atoms with Crippen LogP contribution in [0.3, 0.4) is 0 Å². The molecule has 3 atom stereocenters. The van der Waals surface area contributed by atoms with Gasteiger partial charge in [-0.3, -0.25) is 0 Å². The summed E-state index contributed by atoms with van der Waals surface area (Å²) in [6.45, 7) is 0.